The molecule has 7 nitrogen and oxygen atoms in total. The van der Waals surface area contributed by atoms with E-state index in [4.69, 9.17) is 9.72 Å². The number of carbonyl (C=O) groups excluding carboxylic acids is 1. The average molecular weight is 482 g/mol. The van der Waals surface area contributed by atoms with Crippen LogP contribution in [0, 0.1) is 6.92 Å². The Labute approximate surface area is 211 Å². The zero-order valence-electron chi connectivity index (χ0n) is 20.6. The van der Waals surface area contributed by atoms with Crippen molar-refractivity contribution >= 4 is 22.8 Å². The van der Waals surface area contributed by atoms with Crippen LogP contribution in [0.1, 0.15) is 17.2 Å². The number of hydrogen-bond donors (Lipinski definition) is 2. The number of amides is 2. The number of rotatable bonds is 7. The van der Waals surface area contributed by atoms with E-state index in [2.05, 4.69) is 32.7 Å². The maximum Gasteiger partial charge on any atom is 0.319 e. The first-order chi connectivity index (χ1) is 17.6. The number of carbonyl (C=O) groups is 1. The minimum Gasteiger partial charge on any atom is -0.383 e. The molecule has 0 radical (unpaired) electrons. The van der Waals surface area contributed by atoms with E-state index in [1.165, 1.54) is 5.56 Å². The van der Waals surface area contributed by atoms with E-state index in [1.807, 2.05) is 73.7 Å². The average Bonchev–Trinajstić information content (AvgIpc) is 3.30. The second kappa shape index (κ2) is 10.8. The molecule has 0 saturated carbocycles. The van der Waals surface area contributed by atoms with Crippen LogP contribution in [0.5, 0.6) is 0 Å². The molecule has 5 rings (SSSR count). The fourth-order valence-corrected chi connectivity index (χ4v) is 4.86. The number of methoxy groups -OCH3 is 1. The molecule has 0 aliphatic carbocycles. The normalized spacial score (nSPS) is 17.8. The largest absolute Gasteiger partial charge is 0.383 e. The van der Waals surface area contributed by atoms with Gasteiger partial charge in [0, 0.05) is 49.3 Å². The number of benzene rings is 2. The molecule has 7 heteroatoms. The van der Waals surface area contributed by atoms with Gasteiger partial charge in [0.25, 0.3) is 0 Å². The quantitative estimate of drug-likeness (QED) is 0.395. The second-order valence-electron chi connectivity index (χ2n) is 9.22. The van der Waals surface area contributed by atoms with Gasteiger partial charge < -0.3 is 15.4 Å². The maximum absolute atomic E-state index is 13.3. The van der Waals surface area contributed by atoms with E-state index in [-0.39, 0.29) is 18.0 Å². The van der Waals surface area contributed by atoms with Crippen LogP contribution in [0.15, 0.2) is 78.9 Å². The van der Waals surface area contributed by atoms with Gasteiger partial charge >= 0.3 is 6.03 Å². The van der Waals surface area contributed by atoms with Crippen molar-refractivity contribution in [2.24, 2.45) is 0 Å². The summed E-state index contributed by atoms with van der Waals surface area (Å²) < 4.78 is 5.28. The molecule has 1 aliphatic rings. The number of anilines is 1. The number of aryl methyl sites for hydroxylation is 1. The maximum atomic E-state index is 13.3. The van der Waals surface area contributed by atoms with Gasteiger partial charge in [0.05, 0.1) is 24.0 Å². The van der Waals surface area contributed by atoms with Gasteiger partial charge in [-0.3, -0.25) is 4.90 Å². The van der Waals surface area contributed by atoms with Crippen molar-refractivity contribution in [3.63, 3.8) is 0 Å². The number of fused-ring (bicyclic) bond motifs is 1. The molecule has 1 aliphatic heterocycles. The molecule has 2 N–H and O–H groups in total. The molecule has 2 atom stereocenters. The van der Waals surface area contributed by atoms with E-state index < -0.39 is 0 Å². The van der Waals surface area contributed by atoms with Crippen molar-refractivity contribution in [3.05, 3.63) is 90.1 Å². The number of likely N-dealkylation sites (tertiary alicyclic amines) is 1. The molecule has 0 unspecified atom stereocenters. The smallest absolute Gasteiger partial charge is 0.319 e. The lowest BCUT2D eigenvalue weighted by molar-refractivity contribution is 0.159. The van der Waals surface area contributed by atoms with Gasteiger partial charge in [-0.25, -0.2) is 14.8 Å². The summed E-state index contributed by atoms with van der Waals surface area (Å²) in [6.45, 7) is 5.08. The van der Waals surface area contributed by atoms with Gasteiger partial charge in [0.2, 0.25) is 0 Å². The first kappa shape index (κ1) is 23.9. The lowest BCUT2D eigenvalue weighted by Gasteiger charge is -2.21. The van der Waals surface area contributed by atoms with E-state index >= 15 is 0 Å². The highest BCUT2D eigenvalue weighted by Crippen LogP contribution is 2.30. The summed E-state index contributed by atoms with van der Waals surface area (Å²) in [5.41, 5.74) is 5.06. The fourth-order valence-electron chi connectivity index (χ4n) is 4.86. The van der Waals surface area contributed by atoms with E-state index in [1.54, 1.807) is 7.11 Å². The summed E-state index contributed by atoms with van der Waals surface area (Å²) in [4.78, 5) is 25.1. The molecular weight excluding hydrogens is 450 g/mol. The Balaban J connectivity index is 1.41. The zero-order valence-corrected chi connectivity index (χ0v) is 20.6. The van der Waals surface area contributed by atoms with Gasteiger partial charge in [0.15, 0.2) is 5.65 Å². The number of nitrogens with zero attached hydrogens (tertiary/aromatic N) is 3. The lowest BCUT2D eigenvalue weighted by Crippen LogP contribution is -2.42. The summed E-state index contributed by atoms with van der Waals surface area (Å²) >= 11 is 0. The summed E-state index contributed by atoms with van der Waals surface area (Å²) in [7, 11) is 1.71. The molecule has 0 bridgehead atoms. The van der Waals surface area contributed by atoms with Gasteiger partial charge in [-0.15, -0.1) is 0 Å². The molecule has 0 spiro atoms. The summed E-state index contributed by atoms with van der Waals surface area (Å²) in [5.74, 6) is 0.198. The van der Waals surface area contributed by atoms with Gasteiger partial charge in [-0.05, 0) is 30.7 Å². The van der Waals surface area contributed by atoms with E-state index in [0.717, 1.165) is 36.3 Å². The molecule has 1 fully saturated rings. The van der Waals surface area contributed by atoms with Crippen LogP contribution in [-0.2, 0) is 4.74 Å². The highest BCUT2D eigenvalue weighted by Gasteiger charge is 2.34. The molecule has 184 valence electrons. The lowest BCUT2D eigenvalue weighted by atomic mass is 9.94. The minimum absolute atomic E-state index is 0.0258. The molecule has 2 aromatic heterocycles. The monoisotopic (exact) mass is 481 g/mol. The Morgan fingerprint density at radius 2 is 1.75 bits per heavy atom. The predicted octanol–water partition coefficient (Wildman–Crippen LogP) is 4.84. The molecular formula is C29H31N5O2. The van der Waals surface area contributed by atoms with Crippen molar-refractivity contribution in [1.29, 1.82) is 0 Å². The molecule has 2 aromatic carbocycles. The van der Waals surface area contributed by atoms with E-state index in [0.29, 0.717) is 23.6 Å². The summed E-state index contributed by atoms with van der Waals surface area (Å²) in [6.07, 6.45) is 0. The summed E-state index contributed by atoms with van der Waals surface area (Å²) in [5, 5.41) is 7.21. The molecule has 1 saturated heterocycles. The van der Waals surface area contributed by atoms with Crippen molar-refractivity contribution in [2.45, 2.75) is 18.9 Å². The Morgan fingerprint density at radius 1 is 1.00 bits per heavy atom. The van der Waals surface area contributed by atoms with Crippen LogP contribution in [0.4, 0.5) is 10.5 Å². The van der Waals surface area contributed by atoms with Crippen molar-refractivity contribution in [2.75, 3.05) is 38.7 Å². The van der Waals surface area contributed by atoms with E-state index in [9.17, 15) is 4.79 Å². The Bertz CT molecular complexity index is 1330. The second-order valence-corrected chi connectivity index (χ2v) is 9.22. The predicted molar refractivity (Wildman–Crippen MR) is 143 cm³/mol. The zero-order chi connectivity index (χ0) is 24.9. The molecule has 4 aromatic rings. The first-order valence-corrected chi connectivity index (χ1v) is 12.3. The van der Waals surface area contributed by atoms with Crippen LogP contribution in [0.25, 0.3) is 22.3 Å². The molecule has 36 heavy (non-hydrogen) atoms. The number of nitrogens with one attached hydrogen (secondary N) is 2. The number of ether oxygens (including phenoxy) is 1. The number of aromatic nitrogens is 2. The van der Waals surface area contributed by atoms with Crippen molar-refractivity contribution in [3.8, 4) is 11.3 Å². The molecule has 3 heterocycles. The van der Waals surface area contributed by atoms with Crippen LogP contribution in [0.2, 0.25) is 0 Å². The number of pyridine rings is 2. The van der Waals surface area contributed by atoms with Gasteiger partial charge in [-0.1, -0.05) is 60.7 Å². The topological polar surface area (TPSA) is 79.4 Å². The standard InChI is InChI=1S/C29H31N5O2/c1-20-13-14-23-17-25(27(33-28(23)30-20)22-11-7-4-8-12-22)31-29(35)32-26-19-34(15-16-36-2)18-24(26)21-9-5-3-6-10-21/h3-14,17,24,26H,15-16,18-19H2,1-2H3,(H2,31,32,35)/t24-,26+/m0/s1. The van der Waals surface area contributed by atoms with Crippen LogP contribution in [0.3, 0.4) is 0 Å². The summed E-state index contributed by atoms with van der Waals surface area (Å²) in [6, 6.07) is 25.9. The van der Waals surface area contributed by atoms with Gasteiger partial charge in [0.1, 0.15) is 0 Å². The third-order valence-electron chi connectivity index (χ3n) is 6.66. The van der Waals surface area contributed by atoms with Crippen LogP contribution >= 0.6 is 0 Å². The molecule has 2 amide bonds. The highest BCUT2D eigenvalue weighted by atomic mass is 16.5. The van der Waals surface area contributed by atoms with Crippen LogP contribution < -0.4 is 10.6 Å². The van der Waals surface area contributed by atoms with Crippen LogP contribution in [-0.4, -0.2) is 60.3 Å². The Kier molecular flexibility index (Phi) is 7.21. The SMILES string of the molecule is COCCN1C[C@@H](NC(=O)Nc2cc3ccc(C)nc3nc2-c2ccccc2)[C@H](c2ccccc2)C1. The fraction of sp³-hybridized carbons (Fsp3) is 0.276. The third kappa shape index (κ3) is 5.37. The van der Waals surface area contributed by atoms with Crippen molar-refractivity contribution in [1.82, 2.24) is 20.2 Å². The Morgan fingerprint density at radius 3 is 2.50 bits per heavy atom. The number of hydrogen-bond acceptors (Lipinski definition) is 5. The van der Waals surface area contributed by atoms with Crippen molar-refractivity contribution < 1.29 is 9.53 Å². The first-order valence-electron chi connectivity index (χ1n) is 12.3. The highest BCUT2D eigenvalue weighted by molar-refractivity contribution is 5.97. The number of urea groups is 1. The third-order valence-corrected chi connectivity index (χ3v) is 6.66. The Hall–Kier alpha value is -3.81. The minimum atomic E-state index is -0.243. The van der Waals surface area contributed by atoms with Gasteiger partial charge in [-0.2, -0.15) is 0 Å².